The van der Waals surface area contributed by atoms with Gasteiger partial charge >= 0.3 is 6.18 Å². The number of anilines is 1. The van der Waals surface area contributed by atoms with Crippen LogP contribution in [0, 0.1) is 0 Å². The first-order valence-electron chi connectivity index (χ1n) is 9.33. The maximum Gasteiger partial charge on any atom is 0.421 e. The Hall–Kier alpha value is -3.75. The number of rotatable bonds is 5. The summed E-state index contributed by atoms with van der Waals surface area (Å²) < 4.78 is 50.6. The van der Waals surface area contributed by atoms with Gasteiger partial charge in [0.15, 0.2) is 11.5 Å². The summed E-state index contributed by atoms with van der Waals surface area (Å²) in [4.78, 5) is 26.7. The van der Waals surface area contributed by atoms with E-state index >= 15 is 0 Å². The molecule has 4 rings (SSSR count). The smallest absolute Gasteiger partial charge is 0.421 e. The number of hydrogen-bond donors (Lipinski definition) is 0. The highest BCUT2D eigenvalue weighted by atomic mass is 19.4. The molecule has 0 unspecified atom stereocenters. The van der Waals surface area contributed by atoms with Gasteiger partial charge in [-0.2, -0.15) is 13.2 Å². The van der Waals surface area contributed by atoms with Crippen molar-refractivity contribution in [3.05, 3.63) is 88.3 Å². The molecule has 160 valence electrons. The largest absolute Gasteiger partial charge is 0.454 e. The minimum Gasteiger partial charge on any atom is -0.454 e. The number of amides is 1. The Morgan fingerprint density at radius 1 is 1.00 bits per heavy atom. The molecule has 6 nitrogen and oxygen atoms in total. The van der Waals surface area contributed by atoms with Gasteiger partial charge in [0.05, 0.1) is 6.54 Å². The van der Waals surface area contributed by atoms with Crippen LogP contribution >= 0.6 is 0 Å². The average Bonchev–Trinajstić information content (AvgIpc) is 3.21. The lowest BCUT2D eigenvalue weighted by Gasteiger charge is -2.24. The lowest BCUT2D eigenvalue weighted by molar-refractivity contribution is -0.139. The predicted octanol–water partition coefficient (Wildman–Crippen LogP) is 3.83. The first kappa shape index (κ1) is 20.5. The number of alkyl halides is 3. The SMILES string of the molecule is O=C(Cn1cccc(C(F)(F)F)c1=O)N(Cc1ccc2c(c1)OCO2)c1ccccc1. The fraction of sp³-hybridized carbons (Fsp3) is 0.182. The number of fused-ring (bicyclic) bond motifs is 1. The molecule has 31 heavy (non-hydrogen) atoms. The molecule has 1 aliphatic rings. The van der Waals surface area contributed by atoms with Gasteiger partial charge in [-0.3, -0.25) is 9.59 Å². The summed E-state index contributed by atoms with van der Waals surface area (Å²) in [6.07, 6.45) is -3.63. The summed E-state index contributed by atoms with van der Waals surface area (Å²) in [5.74, 6) is 0.606. The quantitative estimate of drug-likeness (QED) is 0.618. The number of nitrogens with zero attached hydrogens (tertiary/aromatic N) is 2. The van der Waals surface area contributed by atoms with E-state index in [2.05, 4.69) is 0 Å². The Kier molecular flexibility index (Phi) is 5.41. The molecule has 0 saturated heterocycles. The van der Waals surface area contributed by atoms with E-state index in [1.165, 1.54) is 11.1 Å². The third kappa shape index (κ3) is 4.40. The predicted molar refractivity (Wildman–Crippen MR) is 106 cm³/mol. The van der Waals surface area contributed by atoms with Crippen LogP contribution in [0.15, 0.2) is 71.7 Å². The van der Waals surface area contributed by atoms with Crippen LogP contribution in [0.4, 0.5) is 18.9 Å². The van der Waals surface area contributed by atoms with Gasteiger partial charge < -0.3 is 18.9 Å². The van der Waals surface area contributed by atoms with Crippen molar-refractivity contribution in [1.29, 1.82) is 0 Å². The summed E-state index contributed by atoms with van der Waals surface area (Å²) in [6, 6.07) is 15.7. The molecular formula is C22H17F3N2O4. The van der Waals surface area contributed by atoms with E-state index in [1.54, 1.807) is 48.5 Å². The van der Waals surface area contributed by atoms with Crippen molar-refractivity contribution in [3.8, 4) is 11.5 Å². The third-order valence-corrected chi connectivity index (χ3v) is 4.78. The molecule has 1 aromatic heterocycles. The number of carbonyl (C=O) groups is 1. The van der Waals surface area contributed by atoms with Gasteiger partial charge in [-0.25, -0.2) is 0 Å². The van der Waals surface area contributed by atoms with E-state index in [1.807, 2.05) is 0 Å². The molecule has 1 aliphatic heterocycles. The monoisotopic (exact) mass is 430 g/mol. The maximum absolute atomic E-state index is 13.1. The molecule has 0 spiro atoms. The first-order chi connectivity index (χ1) is 14.8. The number of carbonyl (C=O) groups excluding carboxylic acids is 1. The van der Waals surface area contributed by atoms with Gasteiger partial charge in [0.1, 0.15) is 12.1 Å². The van der Waals surface area contributed by atoms with E-state index < -0.39 is 29.8 Å². The zero-order chi connectivity index (χ0) is 22.0. The Morgan fingerprint density at radius 2 is 1.74 bits per heavy atom. The van der Waals surface area contributed by atoms with E-state index in [9.17, 15) is 22.8 Å². The van der Waals surface area contributed by atoms with Gasteiger partial charge in [0.25, 0.3) is 5.56 Å². The van der Waals surface area contributed by atoms with E-state index in [-0.39, 0.29) is 13.3 Å². The average molecular weight is 430 g/mol. The second-order valence-corrected chi connectivity index (χ2v) is 6.86. The number of benzene rings is 2. The highest BCUT2D eigenvalue weighted by Crippen LogP contribution is 2.33. The summed E-state index contributed by atoms with van der Waals surface area (Å²) in [7, 11) is 0. The second-order valence-electron chi connectivity index (χ2n) is 6.86. The van der Waals surface area contributed by atoms with Gasteiger partial charge in [0.2, 0.25) is 12.7 Å². The zero-order valence-electron chi connectivity index (χ0n) is 16.1. The van der Waals surface area contributed by atoms with Crippen LogP contribution in [0.1, 0.15) is 11.1 Å². The number of ether oxygens (including phenoxy) is 2. The van der Waals surface area contributed by atoms with Crippen LogP contribution in [0.2, 0.25) is 0 Å². The fourth-order valence-corrected chi connectivity index (χ4v) is 3.26. The van der Waals surface area contributed by atoms with Crippen LogP contribution in [0.3, 0.4) is 0 Å². The lowest BCUT2D eigenvalue weighted by Crippen LogP contribution is -2.37. The molecule has 1 amide bonds. The highest BCUT2D eigenvalue weighted by Gasteiger charge is 2.34. The van der Waals surface area contributed by atoms with Crippen LogP contribution in [-0.4, -0.2) is 17.3 Å². The Balaban J connectivity index is 1.64. The van der Waals surface area contributed by atoms with E-state index in [0.717, 1.165) is 16.2 Å². The molecule has 9 heteroatoms. The molecule has 0 atom stereocenters. The van der Waals surface area contributed by atoms with Crippen molar-refractivity contribution < 1.29 is 27.4 Å². The van der Waals surface area contributed by atoms with Crippen molar-refractivity contribution in [2.45, 2.75) is 19.3 Å². The van der Waals surface area contributed by atoms with Crippen molar-refractivity contribution >= 4 is 11.6 Å². The molecule has 2 aromatic carbocycles. The van der Waals surface area contributed by atoms with Crippen LogP contribution in [0.25, 0.3) is 0 Å². The summed E-state index contributed by atoms with van der Waals surface area (Å²) in [6.45, 7) is -0.298. The van der Waals surface area contributed by atoms with Crippen molar-refractivity contribution in [1.82, 2.24) is 4.57 Å². The Morgan fingerprint density at radius 3 is 2.48 bits per heavy atom. The molecule has 3 aromatic rings. The Labute approximate surface area is 175 Å². The molecule has 0 N–H and O–H groups in total. The summed E-state index contributed by atoms with van der Waals surface area (Å²) in [5, 5.41) is 0. The number of aromatic nitrogens is 1. The molecule has 0 bridgehead atoms. The molecule has 2 heterocycles. The second kappa shape index (κ2) is 8.17. The minimum absolute atomic E-state index is 0.110. The molecule has 0 aliphatic carbocycles. The highest BCUT2D eigenvalue weighted by molar-refractivity contribution is 5.93. The van der Waals surface area contributed by atoms with Crippen LogP contribution in [0.5, 0.6) is 11.5 Å². The lowest BCUT2D eigenvalue weighted by atomic mass is 10.1. The third-order valence-electron chi connectivity index (χ3n) is 4.78. The number of para-hydroxylation sites is 1. The first-order valence-corrected chi connectivity index (χ1v) is 9.33. The molecule has 0 fully saturated rings. The Bertz CT molecular complexity index is 1160. The molecule has 0 saturated carbocycles. The van der Waals surface area contributed by atoms with Crippen molar-refractivity contribution in [2.75, 3.05) is 11.7 Å². The van der Waals surface area contributed by atoms with Crippen molar-refractivity contribution in [2.24, 2.45) is 0 Å². The van der Waals surface area contributed by atoms with E-state index in [0.29, 0.717) is 23.3 Å². The standard InChI is InChI=1S/C22H17F3N2O4/c23-22(24,25)17-7-4-10-26(21(17)29)13-20(28)27(16-5-2-1-3-6-16)12-15-8-9-18-19(11-15)31-14-30-18/h1-11H,12-14H2. The van der Waals surface area contributed by atoms with Gasteiger partial charge in [-0.15, -0.1) is 0 Å². The number of pyridine rings is 1. The van der Waals surface area contributed by atoms with Crippen molar-refractivity contribution in [3.63, 3.8) is 0 Å². The number of halogens is 3. The van der Waals surface area contributed by atoms with Gasteiger partial charge in [-0.1, -0.05) is 24.3 Å². The number of hydrogen-bond acceptors (Lipinski definition) is 4. The maximum atomic E-state index is 13.1. The zero-order valence-corrected chi connectivity index (χ0v) is 16.1. The molecular weight excluding hydrogens is 413 g/mol. The van der Waals surface area contributed by atoms with Crippen LogP contribution < -0.4 is 19.9 Å². The van der Waals surface area contributed by atoms with Gasteiger partial charge in [0, 0.05) is 11.9 Å². The summed E-state index contributed by atoms with van der Waals surface area (Å²) >= 11 is 0. The van der Waals surface area contributed by atoms with Crippen LogP contribution in [-0.2, 0) is 24.1 Å². The minimum atomic E-state index is -4.80. The molecule has 0 radical (unpaired) electrons. The fourth-order valence-electron chi connectivity index (χ4n) is 3.26. The summed E-state index contributed by atoms with van der Waals surface area (Å²) in [5.41, 5.74) is -1.30. The normalized spacial score (nSPS) is 12.6. The topological polar surface area (TPSA) is 60.8 Å². The van der Waals surface area contributed by atoms with E-state index in [4.69, 9.17) is 9.47 Å². The van der Waals surface area contributed by atoms with Gasteiger partial charge in [-0.05, 0) is 42.0 Å².